The summed E-state index contributed by atoms with van der Waals surface area (Å²) in [4.78, 5) is 0. The second-order valence-corrected chi connectivity index (χ2v) is 1.69. The maximum absolute atomic E-state index is 3.75. The molecule has 3 heteroatoms. The van der Waals surface area contributed by atoms with E-state index < -0.39 is 0 Å². The molecule has 1 heterocycles. The van der Waals surface area contributed by atoms with Gasteiger partial charge in [0.2, 0.25) is 0 Å². The molecule has 0 unspecified atom stereocenters. The van der Waals surface area contributed by atoms with E-state index >= 15 is 0 Å². The standard InChI is InChI=1S/C5H8N3/c1-5-3-4-6-7-8(5)2/h3-4H,1-2H3/q+1. The van der Waals surface area contributed by atoms with Gasteiger partial charge in [-0.2, -0.15) is 0 Å². The van der Waals surface area contributed by atoms with Gasteiger partial charge >= 0.3 is 0 Å². The first-order chi connectivity index (χ1) is 3.80. The molecule has 3 nitrogen and oxygen atoms in total. The van der Waals surface area contributed by atoms with Crippen LogP contribution in [0.3, 0.4) is 0 Å². The Hall–Kier alpha value is -0.990. The molecule has 0 aliphatic carbocycles. The largest absolute Gasteiger partial charge is 0.171 e. The van der Waals surface area contributed by atoms with Gasteiger partial charge in [-0.1, -0.05) is 0 Å². The third-order valence-corrected chi connectivity index (χ3v) is 1.08. The third-order valence-electron chi connectivity index (χ3n) is 1.08. The quantitative estimate of drug-likeness (QED) is 0.426. The summed E-state index contributed by atoms with van der Waals surface area (Å²) in [5, 5.41) is 7.40. The molecule has 0 radical (unpaired) electrons. The summed E-state index contributed by atoms with van der Waals surface area (Å²) in [6, 6.07) is 1.91. The van der Waals surface area contributed by atoms with E-state index in [0.29, 0.717) is 0 Å². The van der Waals surface area contributed by atoms with Gasteiger partial charge in [0, 0.05) is 6.07 Å². The Labute approximate surface area is 48.0 Å². The van der Waals surface area contributed by atoms with Gasteiger partial charge in [-0.15, -0.1) is 4.68 Å². The van der Waals surface area contributed by atoms with Crippen molar-refractivity contribution in [3.8, 4) is 0 Å². The molecule has 0 atom stereocenters. The maximum Gasteiger partial charge on any atom is 0.171 e. The summed E-state index contributed by atoms with van der Waals surface area (Å²) in [5.74, 6) is 0. The molecule has 1 rings (SSSR count). The van der Waals surface area contributed by atoms with Crippen LogP contribution in [0.15, 0.2) is 12.3 Å². The summed E-state index contributed by atoms with van der Waals surface area (Å²) in [7, 11) is 1.86. The van der Waals surface area contributed by atoms with E-state index in [2.05, 4.69) is 10.3 Å². The highest BCUT2D eigenvalue weighted by molar-refractivity contribution is 4.83. The Morgan fingerprint density at radius 1 is 1.62 bits per heavy atom. The monoisotopic (exact) mass is 110 g/mol. The van der Waals surface area contributed by atoms with Gasteiger partial charge in [-0.05, 0) is 6.92 Å². The average Bonchev–Trinajstić information content (AvgIpc) is 1.77. The minimum absolute atomic E-state index is 1.11. The van der Waals surface area contributed by atoms with E-state index in [9.17, 15) is 0 Å². The zero-order chi connectivity index (χ0) is 5.98. The lowest BCUT2D eigenvalue weighted by Gasteiger charge is -1.85. The number of nitrogens with zero attached hydrogens (tertiary/aromatic N) is 3. The Balaban J connectivity index is 3.13. The second-order valence-electron chi connectivity index (χ2n) is 1.69. The molecule has 0 aliphatic heterocycles. The Bertz CT molecular complexity index is 164. The third kappa shape index (κ3) is 0.804. The summed E-state index contributed by atoms with van der Waals surface area (Å²) < 4.78 is 1.72. The first kappa shape index (κ1) is 5.15. The fraction of sp³-hybridized carbons (Fsp3) is 0.400. The van der Waals surface area contributed by atoms with Crippen molar-refractivity contribution in [1.29, 1.82) is 0 Å². The predicted octanol–water partition coefficient (Wildman–Crippen LogP) is -0.390. The van der Waals surface area contributed by atoms with Crippen molar-refractivity contribution in [3.63, 3.8) is 0 Å². The van der Waals surface area contributed by atoms with Crippen LogP contribution in [-0.2, 0) is 7.05 Å². The maximum atomic E-state index is 3.75. The normalized spacial score (nSPS) is 9.25. The SMILES string of the molecule is Cc1ccnn[n+]1C. The molecule has 8 heavy (non-hydrogen) atoms. The van der Waals surface area contributed by atoms with Crippen molar-refractivity contribution in [2.45, 2.75) is 6.92 Å². The molecule has 0 aromatic carbocycles. The summed E-state index contributed by atoms with van der Waals surface area (Å²) >= 11 is 0. The van der Waals surface area contributed by atoms with Gasteiger partial charge in [-0.3, -0.25) is 0 Å². The van der Waals surface area contributed by atoms with Crippen LogP contribution in [0, 0.1) is 6.92 Å². The number of rotatable bonds is 0. The summed E-state index contributed by atoms with van der Waals surface area (Å²) in [6.45, 7) is 1.98. The van der Waals surface area contributed by atoms with Gasteiger partial charge in [0.25, 0.3) is 0 Å². The molecule has 0 fully saturated rings. The highest BCUT2D eigenvalue weighted by atomic mass is 15.4. The highest BCUT2D eigenvalue weighted by Crippen LogP contribution is 1.77. The highest BCUT2D eigenvalue weighted by Gasteiger charge is 1.93. The van der Waals surface area contributed by atoms with Crippen LogP contribution in [0.5, 0.6) is 0 Å². The first-order valence-electron chi connectivity index (χ1n) is 2.45. The van der Waals surface area contributed by atoms with Crippen molar-refractivity contribution < 1.29 is 4.68 Å². The number of hydrogen-bond donors (Lipinski definition) is 0. The number of aromatic nitrogens is 3. The molecule has 1 aromatic rings. The van der Waals surface area contributed by atoms with E-state index in [0.717, 1.165) is 5.69 Å². The fourth-order valence-corrected chi connectivity index (χ4v) is 0.427. The molecule has 0 saturated heterocycles. The summed E-state index contributed by atoms with van der Waals surface area (Å²) in [6.07, 6.45) is 1.68. The van der Waals surface area contributed by atoms with Crippen LogP contribution in [0.2, 0.25) is 0 Å². The van der Waals surface area contributed by atoms with Crippen LogP contribution in [0.4, 0.5) is 0 Å². The lowest BCUT2D eigenvalue weighted by Crippen LogP contribution is -2.36. The van der Waals surface area contributed by atoms with E-state index in [-0.39, 0.29) is 0 Å². The molecular weight excluding hydrogens is 102 g/mol. The molecule has 0 bridgehead atoms. The van der Waals surface area contributed by atoms with Crippen molar-refractivity contribution in [1.82, 2.24) is 10.3 Å². The van der Waals surface area contributed by atoms with Crippen molar-refractivity contribution in [2.24, 2.45) is 7.05 Å². The Morgan fingerprint density at radius 3 is 2.75 bits per heavy atom. The second kappa shape index (κ2) is 1.86. The topological polar surface area (TPSA) is 29.7 Å². The minimum Gasteiger partial charge on any atom is -0.138 e. The zero-order valence-electron chi connectivity index (χ0n) is 5.00. The van der Waals surface area contributed by atoms with Gasteiger partial charge in [0.05, 0.1) is 5.10 Å². The van der Waals surface area contributed by atoms with E-state index in [4.69, 9.17) is 0 Å². The van der Waals surface area contributed by atoms with Crippen LogP contribution in [0.25, 0.3) is 0 Å². The summed E-state index contributed by atoms with van der Waals surface area (Å²) in [5.41, 5.74) is 1.11. The molecule has 0 spiro atoms. The lowest BCUT2D eigenvalue weighted by molar-refractivity contribution is -0.741. The molecule has 42 valence electrons. The minimum atomic E-state index is 1.11. The van der Waals surface area contributed by atoms with E-state index in [1.54, 1.807) is 10.9 Å². The molecule has 1 aromatic heterocycles. The van der Waals surface area contributed by atoms with E-state index in [1.807, 2.05) is 20.0 Å². The van der Waals surface area contributed by atoms with Gasteiger partial charge in [-0.25, -0.2) is 0 Å². The van der Waals surface area contributed by atoms with Gasteiger partial charge in [0.15, 0.2) is 6.20 Å². The molecule has 0 amide bonds. The van der Waals surface area contributed by atoms with Crippen LogP contribution < -0.4 is 4.68 Å². The van der Waals surface area contributed by atoms with Crippen LogP contribution >= 0.6 is 0 Å². The van der Waals surface area contributed by atoms with Crippen LogP contribution in [0.1, 0.15) is 5.69 Å². The first-order valence-corrected chi connectivity index (χ1v) is 2.45. The fourth-order valence-electron chi connectivity index (χ4n) is 0.427. The zero-order valence-corrected chi connectivity index (χ0v) is 5.00. The molecular formula is C5H8N3+. The van der Waals surface area contributed by atoms with Crippen LogP contribution in [-0.4, -0.2) is 10.3 Å². The molecule has 0 N–H and O–H groups in total. The molecule has 0 saturated carbocycles. The molecule has 0 aliphatic rings. The number of hydrogen-bond acceptors (Lipinski definition) is 2. The predicted molar refractivity (Wildman–Crippen MR) is 27.9 cm³/mol. The lowest BCUT2D eigenvalue weighted by atomic mass is 10.5. The van der Waals surface area contributed by atoms with Gasteiger partial charge in [0.1, 0.15) is 18.0 Å². The van der Waals surface area contributed by atoms with Gasteiger partial charge < -0.3 is 0 Å². The number of aryl methyl sites for hydroxylation is 2. The van der Waals surface area contributed by atoms with Crippen molar-refractivity contribution in [3.05, 3.63) is 18.0 Å². The van der Waals surface area contributed by atoms with Crippen molar-refractivity contribution in [2.75, 3.05) is 0 Å². The van der Waals surface area contributed by atoms with Crippen molar-refractivity contribution >= 4 is 0 Å². The smallest absolute Gasteiger partial charge is 0.138 e. The average molecular weight is 110 g/mol. The Kier molecular flexibility index (Phi) is 1.20. The Morgan fingerprint density at radius 2 is 2.38 bits per heavy atom. The van der Waals surface area contributed by atoms with E-state index in [1.165, 1.54) is 0 Å².